The summed E-state index contributed by atoms with van der Waals surface area (Å²) in [5.41, 5.74) is 0. The van der Waals surface area contributed by atoms with Crippen molar-refractivity contribution in [2.75, 3.05) is 20.1 Å². The first-order chi connectivity index (χ1) is 9.06. The molecule has 0 aliphatic heterocycles. The average molecular weight is 280 g/mol. The number of phenolic OH excluding ortho intramolecular Hbond substituents is 1. The number of benzene rings is 2. The zero-order valence-electron chi connectivity index (χ0n) is 10.6. The van der Waals surface area contributed by atoms with E-state index in [0.29, 0.717) is 23.9 Å². The average Bonchev–Trinajstić information content (AvgIpc) is 2.38. The van der Waals surface area contributed by atoms with E-state index in [1.54, 1.807) is 31.3 Å². The number of nitrogens with one attached hydrogen (secondary N) is 2. The van der Waals surface area contributed by atoms with Crippen LogP contribution in [0.25, 0.3) is 10.8 Å². The molecule has 0 saturated heterocycles. The molecule has 0 saturated carbocycles. The molecule has 19 heavy (non-hydrogen) atoms. The van der Waals surface area contributed by atoms with E-state index in [9.17, 15) is 13.5 Å². The van der Waals surface area contributed by atoms with Crippen molar-refractivity contribution in [3.8, 4) is 5.75 Å². The maximum absolute atomic E-state index is 12.2. The summed E-state index contributed by atoms with van der Waals surface area (Å²) in [5.74, 6) is -0.0351. The van der Waals surface area contributed by atoms with Crippen molar-refractivity contribution in [3.63, 3.8) is 0 Å². The number of likely N-dealkylation sites (N-methyl/N-ethyl adjacent to an activating group) is 1. The minimum atomic E-state index is -3.63. The Kier molecular flexibility index (Phi) is 4.04. The highest BCUT2D eigenvalue weighted by molar-refractivity contribution is 7.89. The Labute approximate surface area is 112 Å². The van der Waals surface area contributed by atoms with Crippen LogP contribution in [0.3, 0.4) is 0 Å². The van der Waals surface area contributed by atoms with E-state index in [-0.39, 0.29) is 10.6 Å². The monoisotopic (exact) mass is 280 g/mol. The number of aromatic hydroxyl groups is 1. The summed E-state index contributed by atoms with van der Waals surface area (Å²) in [6, 6.07) is 9.85. The third-order valence-corrected chi connectivity index (χ3v) is 4.30. The molecule has 0 aromatic heterocycles. The topological polar surface area (TPSA) is 78.4 Å². The summed E-state index contributed by atoms with van der Waals surface area (Å²) >= 11 is 0. The lowest BCUT2D eigenvalue weighted by Gasteiger charge is -2.10. The van der Waals surface area contributed by atoms with E-state index in [1.807, 2.05) is 0 Å². The standard InChI is InChI=1S/C13H16N2O3S/c1-14-8-9-15-19(17,18)12-7-3-5-10-4-2-6-11(16)13(10)12/h2-7,14-16H,8-9H2,1H3. The van der Waals surface area contributed by atoms with E-state index < -0.39 is 10.0 Å². The number of hydrogen-bond acceptors (Lipinski definition) is 4. The molecule has 0 bridgehead atoms. The van der Waals surface area contributed by atoms with Gasteiger partial charge in [-0.05, 0) is 24.6 Å². The largest absolute Gasteiger partial charge is 0.507 e. The fraction of sp³-hybridized carbons (Fsp3) is 0.231. The van der Waals surface area contributed by atoms with Crippen molar-refractivity contribution < 1.29 is 13.5 Å². The molecule has 0 aliphatic carbocycles. The van der Waals surface area contributed by atoms with Gasteiger partial charge in [0.1, 0.15) is 5.75 Å². The highest BCUT2D eigenvalue weighted by atomic mass is 32.2. The molecule has 2 aromatic rings. The van der Waals surface area contributed by atoms with E-state index >= 15 is 0 Å². The molecule has 6 heteroatoms. The second-order valence-corrected chi connectivity index (χ2v) is 5.87. The van der Waals surface area contributed by atoms with Gasteiger partial charge in [0.15, 0.2) is 0 Å². The van der Waals surface area contributed by atoms with Crippen LogP contribution < -0.4 is 10.0 Å². The summed E-state index contributed by atoms with van der Waals surface area (Å²) in [6.45, 7) is 0.832. The van der Waals surface area contributed by atoms with E-state index in [4.69, 9.17) is 0 Å². The Hall–Kier alpha value is -1.63. The Bertz CT molecular complexity index is 678. The smallest absolute Gasteiger partial charge is 0.241 e. The fourth-order valence-corrected chi connectivity index (χ4v) is 3.17. The number of hydrogen-bond donors (Lipinski definition) is 3. The van der Waals surface area contributed by atoms with Crippen molar-refractivity contribution in [3.05, 3.63) is 36.4 Å². The SMILES string of the molecule is CNCCNS(=O)(=O)c1cccc2cccc(O)c12. The molecular formula is C13H16N2O3S. The van der Waals surface area contributed by atoms with Crippen LogP contribution in [0.1, 0.15) is 0 Å². The zero-order valence-corrected chi connectivity index (χ0v) is 11.4. The van der Waals surface area contributed by atoms with Crippen molar-refractivity contribution in [2.24, 2.45) is 0 Å². The molecule has 0 amide bonds. The molecule has 0 fully saturated rings. The van der Waals surface area contributed by atoms with E-state index in [1.165, 1.54) is 12.1 Å². The van der Waals surface area contributed by atoms with Crippen LogP contribution >= 0.6 is 0 Å². The second kappa shape index (κ2) is 5.56. The van der Waals surface area contributed by atoms with Crippen molar-refractivity contribution in [2.45, 2.75) is 4.90 Å². The molecule has 0 unspecified atom stereocenters. The van der Waals surface area contributed by atoms with Gasteiger partial charge in [0.05, 0.1) is 4.90 Å². The van der Waals surface area contributed by atoms with Gasteiger partial charge < -0.3 is 10.4 Å². The minimum absolute atomic E-state index is 0.0351. The van der Waals surface area contributed by atoms with Crippen LogP contribution in [-0.2, 0) is 10.0 Å². The summed E-state index contributed by atoms with van der Waals surface area (Å²) in [4.78, 5) is 0.0965. The molecule has 0 aliphatic rings. The summed E-state index contributed by atoms with van der Waals surface area (Å²) in [5, 5.41) is 13.8. The van der Waals surface area contributed by atoms with Crippen molar-refractivity contribution >= 4 is 20.8 Å². The van der Waals surface area contributed by atoms with Gasteiger partial charge in [-0.25, -0.2) is 13.1 Å². The third kappa shape index (κ3) is 2.86. The molecule has 2 aromatic carbocycles. The maximum Gasteiger partial charge on any atom is 0.241 e. The Morgan fingerprint density at radius 1 is 1.11 bits per heavy atom. The van der Waals surface area contributed by atoms with Crippen molar-refractivity contribution in [1.29, 1.82) is 0 Å². The van der Waals surface area contributed by atoms with Gasteiger partial charge in [0, 0.05) is 18.5 Å². The number of rotatable bonds is 5. The summed E-state index contributed by atoms with van der Waals surface area (Å²) in [6.07, 6.45) is 0. The first-order valence-electron chi connectivity index (χ1n) is 5.91. The first kappa shape index (κ1) is 13.8. The molecule has 3 N–H and O–H groups in total. The van der Waals surface area contributed by atoms with Crippen LogP contribution in [0.15, 0.2) is 41.3 Å². The van der Waals surface area contributed by atoms with Crippen molar-refractivity contribution in [1.82, 2.24) is 10.0 Å². The number of sulfonamides is 1. The Balaban J connectivity index is 2.50. The fourth-order valence-electron chi connectivity index (χ4n) is 1.90. The van der Waals surface area contributed by atoms with Gasteiger partial charge in [-0.3, -0.25) is 0 Å². The quantitative estimate of drug-likeness (QED) is 0.715. The second-order valence-electron chi connectivity index (χ2n) is 4.13. The molecule has 0 spiro atoms. The predicted octanol–water partition coefficient (Wildman–Crippen LogP) is 1.04. The van der Waals surface area contributed by atoms with Crippen LogP contribution in [-0.4, -0.2) is 33.7 Å². The Morgan fingerprint density at radius 2 is 1.79 bits per heavy atom. The Morgan fingerprint density at radius 3 is 2.47 bits per heavy atom. The molecule has 2 rings (SSSR count). The lowest BCUT2D eigenvalue weighted by Crippen LogP contribution is -2.30. The highest BCUT2D eigenvalue weighted by Gasteiger charge is 2.18. The predicted molar refractivity (Wildman–Crippen MR) is 74.7 cm³/mol. The molecule has 0 atom stereocenters. The highest BCUT2D eigenvalue weighted by Crippen LogP contribution is 2.30. The lowest BCUT2D eigenvalue weighted by molar-refractivity contribution is 0.480. The third-order valence-electron chi connectivity index (χ3n) is 2.80. The molecule has 5 nitrogen and oxygen atoms in total. The first-order valence-corrected chi connectivity index (χ1v) is 7.39. The summed E-state index contributed by atoms with van der Waals surface area (Å²) < 4.78 is 26.9. The number of fused-ring (bicyclic) bond motifs is 1. The van der Waals surface area contributed by atoms with Gasteiger partial charge in [-0.15, -0.1) is 0 Å². The molecule has 102 valence electrons. The molecule has 0 radical (unpaired) electrons. The van der Waals surface area contributed by atoms with Gasteiger partial charge in [0.25, 0.3) is 0 Å². The van der Waals surface area contributed by atoms with Crippen LogP contribution in [0.5, 0.6) is 5.75 Å². The van der Waals surface area contributed by atoms with Crippen LogP contribution in [0.4, 0.5) is 0 Å². The van der Waals surface area contributed by atoms with E-state index in [0.717, 1.165) is 0 Å². The van der Waals surface area contributed by atoms with Gasteiger partial charge >= 0.3 is 0 Å². The van der Waals surface area contributed by atoms with Crippen LogP contribution in [0, 0.1) is 0 Å². The molecular weight excluding hydrogens is 264 g/mol. The number of phenols is 1. The zero-order chi connectivity index (χ0) is 13.9. The minimum Gasteiger partial charge on any atom is -0.507 e. The van der Waals surface area contributed by atoms with Gasteiger partial charge in [0.2, 0.25) is 10.0 Å². The van der Waals surface area contributed by atoms with Gasteiger partial charge in [-0.2, -0.15) is 0 Å². The van der Waals surface area contributed by atoms with Crippen LogP contribution in [0.2, 0.25) is 0 Å². The normalized spacial score (nSPS) is 11.8. The van der Waals surface area contributed by atoms with Gasteiger partial charge in [-0.1, -0.05) is 24.3 Å². The molecule has 0 heterocycles. The summed E-state index contributed by atoms with van der Waals surface area (Å²) in [7, 11) is -1.88. The van der Waals surface area contributed by atoms with E-state index in [2.05, 4.69) is 10.0 Å². The lowest BCUT2D eigenvalue weighted by atomic mass is 10.1. The maximum atomic E-state index is 12.2.